The molecule has 2 aliphatic rings. The summed E-state index contributed by atoms with van der Waals surface area (Å²) >= 11 is 4.29. The van der Waals surface area contributed by atoms with E-state index in [4.69, 9.17) is 9.72 Å². The van der Waals surface area contributed by atoms with Crippen molar-refractivity contribution in [1.29, 1.82) is 0 Å². The lowest BCUT2D eigenvalue weighted by Gasteiger charge is -2.35. The number of unbranched alkanes of at least 4 members (excludes halogenated alkanes) is 1. The summed E-state index contributed by atoms with van der Waals surface area (Å²) in [4.78, 5) is 18.2. The minimum Gasteiger partial charge on any atom is -0.490 e. The van der Waals surface area contributed by atoms with Gasteiger partial charge in [0.05, 0.1) is 29.0 Å². The van der Waals surface area contributed by atoms with E-state index in [9.17, 15) is 14.3 Å². The normalized spacial score (nSPS) is 18.8. The van der Waals surface area contributed by atoms with Gasteiger partial charge < -0.3 is 14.4 Å². The Labute approximate surface area is 197 Å². The molecule has 0 amide bonds. The van der Waals surface area contributed by atoms with E-state index in [1.54, 1.807) is 4.57 Å². The number of hydrogen-bond acceptors (Lipinski definition) is 5. The summed E-state index contributed by atoms with van der Waals surface area (Å²) in [5, 5.41) is 12.2. The van der Waals surface area contributed by atoms with Crippen LogP contribution < -0.4 is 5.56 Å². The van der Waals surface area contributed by atoms with Crippen molar-refractivity contribution in [3.05, 3.63) is 74.5 Å². The fourth-order valence-corrected chi connectivity index (χ4v) is 5.33. The summed E-state index contributed by atoms with van der Waals surface area (Å²) in [5.74, 6) is 0.767. The summed E-state index contributed by atoms with van der Waals surface area (Å²) in [6.45, 7) is 7.97. The Kier molecular flexibility index (Phi) is 5.37. The Morgan fingerprint density at radius 3 is 2.85 bits per heavy atom. The van der Waals surface area contributed by atoms with E-state index in [1.807, 2.05) is 26.0 Å². The summed E-state index contributed by atoms with van der Waals surface area (Å²) in [7, 11) is 0. The maximum atomic E-state index is 14.8. The summed E-state index contributed by atoms with van der Waals surface area (Å²) in [6.07, 6.45) is 2.97. The molecule has 0 bridgehead atoms. The zero-order chi connectivity index (χ0) is 23.5. The molecular formula is C26H27FN2O3S. The van der Waals surface area contributed by atoms with Crippen molar-refractivity contribution in [3.63, 3.8) is 0 Å². The van der Waals surface area contributed by atoms with Gasteiger partial charge in [0, 0.05) is 22.6 Å². The number of rotatable bonds is 5. The van der Waals surface area contributed by atoms with Crippen LogP contribution in [0.25, 0.3) is 22.3 Å². The van der Waals surface area contributed by atoms with Crippen LogP contribution in [0.2, 0.25) is 0 Å². The third-order valence-corrected chi connectivity index (χ3v) is 7.46. The molecule has 0 spiro atoms. The van der Waals surface area contributed by atoms with Gasteiger partial charge in [0.1, 0.15) is 23.8 Å². The molecule has 0 saturated carbocycles. The molecule has 33 heavy (non-hydrogen) atoms. The van der Waals surface area contributed by atoms with Crippen LogP contribution in [0.1, 0.15) is 54.0 Å². The number of aromatic nitrogens is 2. The summed E-state index contributed by atoms with van der Waals surface area (Å²) in [6, 6.07) is 5.36. The Balaban J connectivity index is 1.71. The van der Waals surface area contributed by atoms with Gasteiger partial charge in [-0.1, -0.05) is 13.5 Å². The monoisotopic (exact) mass is 466 g/mol. The van der Waals surface area contributed by atoms with Crippen molar-refractivity contribution in [2.24, 2.45) is 0 Å². The number of hydrogen-bond donors (Lipinski definition) is 2. The van der Waals surface area contributed by atoms with Gasteiger partial charge in [0.2, 0.25) is 0 Å². The minimum atomic E-state index is -1.43. The first-order valence-corrected chi connectivity index (χ1v) is 12.0. The fourth-order valence-electron chi connectivity index (χ4n) is 5.11. The Hall–Kier alpha value is -2.64. The molecule has 2 aliphatic heterocycles. The van der Waals surface area contributed by atoms with Crippen molar-refractivity contribution in [2.75, 3.05) is 5.75 Å². The third-order valence-electron chi connectivity index (χ3n) is 7.15. The van der Waals surface area contributed by atoms with Crippen LogP contribution in [0.15, 0.2) is 35.3 Å². The molecule has 0 saturated heterocycles. The van der Waals surface area contributed by atoms with Gasteiger partial charge >= 0.3 is 0 Å². The number of thiol groups is 1. The maximum Gasteiger partial charge on any atom is 0.258 e. The molecule has 0 radical (unpaired) electrons. The SMILES string of the molecule is C=C1OCc2c(cc3n(c2=O)Cc2cc4c(CCCCS)c(C)c(F)cc4nc2-3)[C@@]1(O)CC. The van der Waals surface area contributed by atoms with Gasteiger partial charge in [-0.15, -0.1) is 0 Å². The van der Waals surface area contributed by atoms with E-state index in [0.29, 0.717) is 46.6 Å². The highest BCUT2D eigenvalue weighted by Crippen LogP contribution is 2.42. The molecule has 7 heteroatoms. The predicted molar refractivity (Wildman–Crippen MR) is 130 cm³/mol. The van der Waals surface area contributed by atoms with Gasteiger partial charge in [-0.05, 0) is 61.6 Å². The van der Waals surface area contributed by atoms with Crippen molar-refractivity contribution in [3.8, 4) is 11.4 Å². The largest absolute Gasteiger partial charge is 0.490 e. The highest BCUT2D eigenvalue weighted by atomic mass is 32.1. The molecule has 172 valence electrons. The zero-order valence-electron chi connectivity index (χ0n) is 18.9. The third kappa shape index (κ3) is 3.24. The lowest BCUT2D eigenvalue weighted by molar-refractivity contribution is -0.0172. The van der Waals surface area contributed by atoms with E-state index in [-0.39, 0.29) is 23.7 Å². The number of nitrogens with zero attached hydrogens (tertiary/aromatic N) is 2. The van der Waals surface area contributed by atoms with E-state index in [2.05, 4.69) is 19.2 Å². The minimum absolute atomic E-state index is 0.0844. The molecule has 5 rings (SSSR count). The molecular weight excluding hydrogens is 439 g/mol. The van der Waals surface area contributed by atoms with Crippen LogP contribution in [0.4, 0.5) is 4.39 Å². The standard InChI is InChI=1S/C26H27FN2O3S/c1-4-26(31)15(3)32-13-19-20(26)10-23-24-16(12-29(23)25(19)30)9-18-17(7-5-6-8-33)14(2)21(27)11-22(18)28-24/h9-11,31,33H,3-8,12-13H2,1-2H3/t26-/m1/s1. The number of ether oxygens (including phenoxy) is 1. The van der Waals surface area contributed by atoms with Gasteiger partial charge in [-0.2, -0.15) is 12.6 Å². The molecule has 0 fully saturated rings. The summed E-state index contributed by atoms with van der Waals surface area (Å²) < 4.78 is 22.0. The summed E-state index contributed by atoms with van der Waals surface area (Å²) in [5.41, 5.74) is 3.75. The van der Waals surface area contributed by atoms with Gasteiger partial charge in [0.25, 0.3) is 5.56 Å². The smallest absolute Gasteiger partial charge is 0.258 e. The van der Waals surface area contributed by atoms with Crippen LogP contribution in [0, 0.1) is 12.7 Å². The predicted octanol–water partition coefficient (Wildman–Crippen LogP) is 4.77. The second-order valence-corrected chi connectivity index (χ2v) is 9.39. The number of aryl methyl sites for hydroxylation is 1. The zero-order valence-corrected chi connectivity index (χ0v) is 19.8. The van der Waals surface area contributed by atoms with E-state index in [0.717, 1.165) is 41.5 Å². The van der Waals surface area contributed by atoms with E-state index < -0.39 is 5.60 Å². The molecule has 0 aliphatic carbocycles. The molecule has 4 heterocycles. The number of halogens is 1. The van der Waals surface area contributed by atoms with Crippen LogP contribution in [-0.2, 0) is 29.9 Å². The maximum absolute atomic E-state index is 14.8. The number of fused-ring (bicyclic) bond motifs is 5. The lowest BCUT2D eigenvalue weighted by Crippen LogP contribution is -2.38. The molecule has 1 N–H and O–H groups in total. The first kappa shape index (κ1) is 22.2. The van der Waals surface area contributed by atoms with Gasteiger partial charge in [0.15, 0.2) is 0 Å². The quantitative estimate of drug-likeness (QED) is 0.329. The van der Waals surface area contributed by atoms with Gasteiger partial charge in [-0.3, -0.25) is 4.79 Å². The van der Waals surface area contributed by atoms with Gasteiger partial charge in [-0.25, -0.2) is 9.37 Å². The Bertz CT molecular complexity index is 1380. The number of aliphatic hydroxyl groups is 1. The second kappa shape index (κ2) is 7.99. The van der Waals surface area contributed by atoms with E-state index >= 15 is 0 Å². The molecule has 0 unspecified atom stereocenters. The lowest BCUT2D eigenvalue weighted by atomic mass is 9.84. The highest BCUT2D eigenvalue weighted by Gasteiger charge is 2.41. The van der Waals surface area contributed by atoms with Crippen LogP contribution >= 0.6 is 12.6 Å². The van der Waals surface area contributed by atoms with Crippen molar-refractivity contribution >= 4 is 23.5 Å². The van der Waals surface area contributed by atoms with Crippen molar-refractivity contribution < 1.29 is 14.2 Å². The van der Waals surface area contributed by atoms with E-state index in [1.165, 1.54) is 6.07 Å². The van der Waals surface area contributed by atoms with Crippen molar-refractivity contribution in [1.82, 2.24) is 9.55 Å². The Morgan fingerprint density at radius 1 is 1.33 bits per heavy atom. The van der Waals surface area contributed by atoms with Crippen LogP contribution in [-0.4, -0.2) is 20.4 Å². The second-order valence-electron chi connectivity index (χ2n) is 8.94. The average molecular weight is 467 g/mol. The molecule has 5 nitrogen and oxygen atoms in total. The molecule has 2 aromatic heterocycles. The fraction of sp³-hybridized carbons (Fsp3) is 0.385. The first-order chi connectivity index (χ1) is 15.8. The topological polar surface area (TPSA) is 64.4 Å². The average Bonchev–Trinajstić information content (AvgIpc) is 3.16. The van der Waals surface area contributed by atoms with Crippen LogP contribution in [0.5, 0.6) is 0 Å². The van der Waals surface area contributed by atoms with Crippen LogP contribution in [0.3, 0.4) is 0 Å². The Morgan fingerprint density at radius 2 is 2.12 bits per heavy atom. The molecule has 1 aromatic carbocycles. The first-order valence-electron chi connectivity index (χ1n) is 11.3. The molecule has 1 atom stereocenters. The number of benzene rings is 1. The number of pyridine rings is 2. The molecule has 3 aromatic rings. The highest BCUT2D eigenvalue weighted by molar-refractivity contribution is 7.80. The van der Waals surface area contributed by atoms with Crippen molar-refractivity contribution in [2.45, 2.75) is 58.3 Å².